The van der Waals surface area contributed by atoms with E-state index in [1.54, 1.807) is 0 Å². The van der Waals surface area contributed by atoms with Gasteiger partial charge in [-0.1, -0.05) is 19.3 Å². The van der Waals surface area contributed by atoms with E-state index in [1.807, 2.05) is 0 Å². The molecule has 5 nitrogen and oxygen atoms in total. The second-order valence-electron chi connectivity index (χ2n) is 5.77. The summed E-state index contributed by atoms with van der Waals surface area (Å²) in [6.45, 7) is 0.547. The summed E-state index contributed by atoms with van der Waals surface area (Å²) in [7, 11) is 1.52. The molecule has 108 valence electrons. The number of amides is 2. The van der Waals surface area contributed by atoms with E-state index in [4.69, 9.17) is 4.74 Å². The van der Waals surface area contributed by atoms with Crippen molar-refractivity contribution in [2.45, 2.75) is 51.0 Å². The second kappa shape index (κ2) is 6.01. The summed E-state index contributed by atoms with van der Waals surface area (Å²) in [5, 5.41) is 9.61. The maximum absolute atomic E-state index is 12.5. The van der Waals surface area contributed by atoms with Crippen molar-refractivity contribution in [1.82, 2.24) is 4.90 Å². The first-order valence-electron chi connectivity index (χ1n) is 7.11. The predicted octanol–water partition coefficient (Wildman–Crippen LogP) is 1.09. The molecule has 0 aromatic rings. The Labute approximate surface area is 113 Å². The van der Waals surface area contributed by atoms with E-state index in [-0.39, 0.29) is 18.4 Å². The van der Waals surface area contributed by atoms with Gasteiger partial charge in [-0.15, -0.1) is 0 Å². The van der Waals surface area contributed by atoms with Gasteiger partial charge in [0.15, 0.2) is 0 Å². The van der Waals surface area contributed by atoms with Crippen molar-refractivity contribution in [3.8, 4) is 0 Å². The SMILES string of the molecule is COCC(O)CCN1C(=O)CC2(CCCCC2)C1=O. The number of methoxy groups -OCH3 is 1. The lowest BCUT2D eigenvalue weighted by atomic mass is 9.73. The van der Waals surface area contributed by atoms with Crippen LogP contribution in [0.1, 0.15) is 44.9 Å². The van der Waals surface area contributed by atoms with Gasteiger partial charge in [-0.3, -0.25) is 14.5 Å². The minimum atomic E-state index is -0.617. The molecule has 1 aliphatic carbocycles. The van der Waals surface area contributed by atoms with Gasteiger partial charge in [0.2, 0.25) is 11.8 Å². The molecule has 1 saturated heterocycles. The topological polar surface area (TPSA) is 66.8 Å². The molecule has 2 aliphatic rings. The summed E-state index contributed by atoms with van der Waals surface area (Å²) in [5.74, 6) is -0.0849. The predicted molar refractivity (Wildman–Crippen MR) is 69.4 cm³/mol. The molecule has 2 fully saturated rings. The molecule has 0 aromatic carbocycles. The minimum Gasteiger partial charge on any atom is -0.391 e. The molecule has 1 aliphatic heterocycles. The molecule has 5 heteroatoms. The van der Waals surface area contributed by atoms with Gasteiger partial charge in [-0.05, 0) is 19.3 Å². The third-order valence-corrected chi connectivity index (χ3v) is 4.35. The smallest absolute Gasteiger partial charge is 0.235 e. The average molecular weight is 269 g/mol. The molecule has 0 bridgehead atoms. The number of ether oxygens (including phenoxy) is 1. The summed E-state index contributed by atoms with van der Waals surface area (Å²) in [5.41, 5.74) is -0.415. The van der Waals surface area contributed by atoms with Gasteiger partial charge in [-0.2, -0.15) is 0 Å². The summed E-state index contributed by atoms with van der Waals surface area (Å²) >= 11 is 0. The Balaban J connectivity index is 1.94. The van der Waals surface area contributed by atoms with Crippen molar-refractivity contribution in [1.29, 1.82) is 0 Å². The molecule has 1 saturated carbocycles. The molecule has 1 heterocycles. The van der Waals surface area contributed by atoms with Crippen molar-refractivity contribution < 1.29 is 19.4 Å². The fraction of sp³-hybridized carbons (Fsp3) is 0.857. The lowest BCUT2D eigenvalue weighted by molar-refractivity contribution is -0.142. The third-order valence-electron chi connectivity index (χ3n) is 4.35. The summed E-state index contributed by atoms with van der Waals surface area (Å²) in [6, 6.07) is 0. The first kappa shape index (κ1) is 14.5. The monoisotopic (exact) mass is 269 g/mol. The summed E-state index contributed by atoms with van der Waals surface area (Å²) in [6.07, 6.45) is 5.07. The van der Waals surface area contributed by atoms with Crippen LogP contribution in [-0.4, -0.2) is 48.2 Å². The first-order valence-corrected chi connectivity index (χ1v) is 7.11. The number of aliphatic hydroxyl groups is 1. The molecule has 2 amide bonds. The maximum Gasteiger partial charge on any atom is 0.235 e. The van der Waals surface area contributed by atoms with Crippen LogP contribution >= 0.6 is 0 Å². The average Bonchev–Trinajstić information content (AvgIpc) is 2.60. The fourth-order valence-corrected chi connectivity index (χ4v) is 3.26. The number of hydrogen-bond acceptors (Lipinski definition) is 4. The molecule has 1 spiro atoms. The molecule has 1 N–H and O–H groups in total. The number of aliphatic hydroxyl groups excluding tert-OH is 1. The Kier molecular flexibility index (Phi) is 4.58. The van der Waals surface area contributed by atoms with E-state index in [0.717, 1.165) is 32.1 Å². The highest BCUT2D eigenvalue weighted by atomic mass is 16.5. The van der Waals surface area contributed by atoms with Crippen LogP contribution in [0.2, 0.25) is 0 Å². The largest absolute Gasteiger partial charge is 0.391 e. The Bertz CT molecular complexity index is 349. The molecule has 19 heavy (non-hydrogen) atoms. The van der Waals surface area contributed by atoms with Crippen molar-refractivity contribution >= 4 is 11.8 Å². The van der Waals surface area contributed by atoms with E-state index in [0.29, 0.717) is 19.4 Å². The second-order valence-corrected chi connectivity index (χ2v) is 5.77. The zero-order valence-electron chi connectivity index (χ0n) is 11.6. The summed E-state index contributed by atoms with van der Waals surface area (Å²) in [4.78, 5) is 25.8. The number of imide groups is 1. The fourth-order valence-electron chi connectivity index (χ4n) is 3.26. The lowest BCUT2D eigenvalue weighted by Gasteiger charge is -2.30. The van der Waals surface area contributed by atoms with Crippen LogP contribution < -0.4 is 0 Å². The number of nitrogens with zero attached hydrogens (tertiary/aromatic N) is 1. The normalized spacial score (nSPS) is 24.2. The first-order chi connectivity index (χ1) is 9.09. The number of likely N-dealkylation sites (tertiary alicyclic amines) is 1. The zero-order valence-corrected chi connectivity index (χ0v) is 11.6. The molecular weight excluding hydrogens is 246 g/mol. The van der Waals surface area contributed by atoms with Crippen LogP contribution in [0, 0.1) is 5.41 Å². The van der Waals surface area contributed by atoms with Gasteiger partial charge < -0.3 is 9.84 Å². The number of rotatable bonds is 5. The van der Waals surface area contributed by atoms with Crippen LogP contribution in [0.4, 0.5) is 0 Å². The van der Waals surface area contributed by atoms with Gasteiger partial charge in [0.05, 0.1) is 18.1 Å². The quantitative estimate of drug-likeness (QED) is 0.759. The van der Waals surface area contributed by atoms with E-state index >= 15 is 0 Å². The number of hydrogen-bond donors (Lipinski definition) is 1. The van der Waals surface area contributed by atoms with Crippen LogP contribution in [-0.2, 0) is 14.3 Å². The van der Waals surface area contributed by atoms with Crippen molar-refractivity contribution in [2.24, 2.45) is 5.41 Å². The van der Waals surface area contributed by atoms with Gasteiger partial charge in [0.25, 0.3) is 0 Å². The van der Waals surface area contributed by atoms with E-state index in [9.17, 15) is 14.7 Å². The van der Waals surface area contributed by atoms with Crippen LogP contribution in [0.5, 0.6) is 0 Å². The molecule has 1 unspecified atom stereocenters. The van der Waals surface area contributed by atoms with Crippen LogP contribution in [0.25, 0.3) is 0 Å². The third kappa shape index (κ3) is 2.98. The van der Waals surface area contributed by atoms with E-state index in [1.165, 1.54) is 12.0 Å². The van der Waals surface area contributed by atoms with Crippen LogP contribution in [0.3, 0.4) is 0 Å². The number of carbonyl (C=O) groups excluding carboxylic acids is 2. The highest BCUT2D eigenvalue weighted by molar-refractivity contribution is 6.05. The summed E-state index contributed by atoms with van der Waals surface area (Å²) < 4.78 is 4.84. The minimum absolute atomic E-state index is 0.0122. The number of carbonyl (C=O) groups is 2. The molecule has 0 radical (unpaired) electrons. The highest BCUT2D eigenvalue weighted by Crippen LogP contribution is 2.45. The molecular formula is C14H23NO4. The van der Waals surface area contributed by atoms with E-state index in [2.05, 4.69) is 0 Å². The lowest BCUT2D eigenvalue weighted by Crippen LogP contribution is -2.38. The zero-order chi connectivity index (χ0) is 13.9. The van der Waals surface area contributed by atoms with Crippen molar-refractivity contribution in [2.75, 3.05) is 20.3 Å². The van der Waals surface area contributed by atoms with Gasteiger partial charge in [-0.25, -0.2) is 0 Å². The Morgan fingerprint density at radius 2 is 2.00 bits per heavy atom. The van der Waals surface area contributed by atoms with Crippen LogP contribution in [0.15, 0.2) is 0 Å². The Hall–Kier alpha value is -0.940. The molecule has 2 rings (SSSR count). The maximum atomic E-state index is 12.5. The van der Waals surface area contributed by atoms with Gasteiger partial charge in [0.1, 0.15) is 0 Å². The van der Waals surface area contributed by atoms with Gasteiger partial charge >= 0.3 is 0 Å². The standard InChI is InChI=1S/C14H23NO4/c1-19-10-11(16)5-8-15-12(17)9-14(13(15)18)6-3-2-4-7-14/h11,16H,2-10H2,1H3. The molecule has 1 atom stereocenters. The van der Waals surface area contributed by atoms with Crippen molar-refractivity contribution in [3.05, 3.63) is 0 Å². The Morgan fingerprint density at radius 1 is 1.32 bits per heavy atom. The Morgan fingerprint density at radius 3 is 2.63 bits per heavy atom. The van der Waals surface area contributed by atoms with E-state index < -0.39 is 11.5 Å². The highest BCUT2D eigenvalue weighted by Gasteiger charge is 2.51. The van der Waals surface area contributed by atoms with Gasteiger partial charge in [0, 0.05) is 20.1 Å². The molecule has 0 aromatic heterocycles. The van der Waals surface area contributed by atoms with Crippen molar-refractivity contribution in [3.63, 3.8) is 0 Å².